The van der Waals surface area contributed by atoms with Gasteiger partial charge in [0.05, 0.1) is 12.8 Å². The first-order chi connectivity index (χ1) is 8.58. The van der Waals surface area contributed by atoms with E-state index in [2.05, 4.69) is 4.99 Å². The Hall–Kier alpha value is -2.35. The zero-order valence-corrected chi connectivity index (χ0v) is 10.7. The average Bonchev–Trinajstić information content (AvgIpc) is 2.32. The highest BCUT2D eigenvalue weighted by Gasteiger charge is 2.08. The van der Waals surface area contributed by atoms with Gasteiger partial charge in [0, 0.05) is 13.2 Å². The van der Waals surface area contributed by atoms with Gasteiger partial charge >= 0.3 is 5.97 Å². The lowest BCUT2D eigenvalue weighted by Gasteiger charge is -2.00. The van der Waals surface area contributed by atoms with E-state index in [0.717, 1.165) is 5.56 Å². The Labute approximate surface area is 106 Å². The third-order valence-electron chi connectivity index (χ3n) is 2.20. The topological polar surface area (TPSA) is 67.4 Å². The fourth-order valence-electron chi connectivity index (χ4n) is 1.34. The molecule has 0 amide bonds. The largest absolute Gasteiger partial charge is 0.462 e. The molecule has 0 N–H and O–H groups in total. The quantitative estimate of drug-likeness (QED) is 0.456. The summed E-state index contributed by atoms with van der Waals surface area (Å²) in [4.78, 5) is 15.5. The Morgan fingerprint density at radius 1 is 1.61 bits per heavy atom. The third kappa shape index (κ3) is 3.59. The van der Waals surface area contributed by atoms with Gasteiger partial charge in [-0.2, -0.15) is 5.26 Å². The second kappa shape index (κ2) is 6.40. The van der Waals surface area contributed by atoms with Gasteiger partial charge < -0.3 is 9.30 Å². The van der Waals surface area contributed by atoms with Gasteiger partial charge in [-0.25, -0.2) is 9.79 Å². The van der Waals surface area contributed by atoms with Crippen molar-refractivity contribution < 1.29 is 9.53 Å². The van der Waals surface area contributed by atoms with Gasteiger partial charge in [0.15, 0.2) is 5.57 Å². The maximum atomic E-state index is 11.4. The molecule has 0 aliphatic carbocycles. The van der Waals surface area contributed by atoms with Crippen LogP contribution in [0.15, 0.2) is 35.1 Å². The first-order valence-corrected chi connectivity index (χ1v) is 5.53. The zero-order chi connectivity index (χ0) is 13.5. The summed E-state index contributed by atoms with van der Waals surface area (Å²) in [6.45, 7) is 3.89. The molecular weight excluding hydrogens is 230 g/mol. The number of aryl methyl sites for hydroxylation is 2. The molecular formula is C13H15N3O2. The van der Waals surface area contributed by atoms with Crippen LogP contribution in [0.3, 0.4) is 0 Å². The molecule has 0 aromatic carbocycles. The van der Waals surface area contributed by atoms with Gasteiger partial charge in [-0.05, 0) is 25.5 Å². The molecule has 0 aliphatic rings. The van der Waals surface area contributed by atoms with Crippen molar-refractivity contribution in [3.8, 4) is 6.07 Å². The molecule has 0 fully saturated rings. The summed E-state index contributed by atoms with van der Waals surface area (Å²) >= 11 is 0. The summed E-state index contributed by atoms with van der Waals surface area (Å²) in [5.74, 6) is -0.654. The van der Waals surface area contributed by atoms with Crippen LogP contribution in [0.1, 0.15) is 12.5 Å². The molecule has 18 heavy (non-hydrogen) atoms. The molecule has 0 aliphatic heterocycles. The summed E-state index contributed by atoms with van der Waals surface area (Å²) in [5, 5.41) is 8.83. The third-order valence-corrected chi connectivity index (χ3v) is 2.20. The molecule has 0 saturated carbocycles. The highest BCUT2D eigenvalue weighted by Crippen LogP contribution is 1.97. The van der Waals surface area contributed by atoms with Crippen molar-refractivity contribution >= 4 is 5.97 Å². The van der Waals surface area contributed by atoms with Crippen molar-refractivity contribution in [2.45, 2.75) is 13.8 Å². The molecule has 0 bridgehead atoms. The van der Waals surface area contributed by atoms with E-state index in [1.165, 1.54) is 6.20 Å². The molecule has 94 valence electrons. The summed E-state index contributed by atoms with van der Waals surface area (Å²) in [5.41, 5.74) is 1.64. The van der Waals surface area contributed by atoms with Crippen LogP contribution in [0, 0.1) is 18.3 Å². The van der Waals surface area contributed by atoms with Crippen LogP contribution in [0.25, 0.3) is 0 Å². The maximum Gasteiger partial charge on any atom is 0.350 e. The molecule has 0 saturated heterocycles. The fraction of sp³-hybridized carbons (Fsp3) is 0.308. The highest BCUT2D eigenvalue weighted by molar-refractivity contribution is 5.92. The molecule has 0 unspecified atom stereocenters. The number of esters is 1. The summed E-state index contributed by atoms with van der Waals surface area (Å²) in [6, 6.07) is 5.49. The van der Waals surface area contributed by atoms with Gasteiger partial charge in [-0.3, -0.25) is 0 Å². The number of hydrogen-bond acceptors (Lipinski definition) is 4. The minimum absolute atomic E-state index is 0.113. The van der Waals surface area contributed by atoms with E-state index in [4.69, 9.17) is 10.00 Å². The van der Waals surface area contributed by atoms with Crippen molar-refractivity contribution in [1.82, 2.24) is 4.57 Å². The van der Waals surface area contributed by atoms with Crippen LogP contribution >= 0.6 is 0 Å². The van der Waals surface area contributed by atoms with E-state index in [-0.39, 0.29) is 12.2 Å². The summed E-state index contributed by atoms with van der Waals surface area (Å²) in [7, 11) is 1.84. The molecule has 5 heteroatoms. The Bertz CT molecular complexity index is 577. The van der Waals surface area contributed by atoms with Gasteiger partial charge in [0.1, 0.15) is 11.6 Å². The van der Waals surface area contributed by atoms with Crippen molar-refractivity contribution in [3.05, 3.63) is 41.2 Å². The summed E-state index contributed by atoms with van der Waals surface area (Å²) in [6.07, 6.45) is 3.13. The number of hydrogen-bond donors (Lipinski definition) is 0. The van der Waals surface area contributed by atoms with Crippen molar-refractivity contribution in [2.24, 2.45) is 12.0 Å². The number of nitriles is 1. The predicted molar refractivity (Wildman–Crippen MR) is 66.0 cm³/mol. The van der Waals surface area contributed by atoms with E-state index in [1.807, 2.05) is 36.9 Å². The van der Waals surface area contributed by atoms with E-state index in [9.17, 15) is 4.79 Å². The fourth-order valence-corrected chi connectivity index (χ4v) is 1.34. The van der Waals surface area contributed by atoms with E-state index in [1.54, 1.807) is 13.0 Å². The molecule has 0 atom stereocenters. The molecule has 0 radical (unpaired) electrons. The zero-order valence-electron chi connectivity index (χ0n) is 10.7. The lowest BCUT2D eigenvalue weighted by Crippen LogP contribution is -2.16. The molecule has 1 rings (SSSR count). The van der Waals surface area contributed by atoms with E-state index < -0.39 is 5.97 Å². The van der Waals surface area contributed by atoms with Crippen molar-refractivity contribution in [3.63, 3.8) is 0 Å². The molecule has 0 spiro atoms. The standard InChI is InChI=1S/C13H15N3O2/c1-4-18-13(17)11(7-14)8-15-12-6-5-10(2)9-16(12)3/h5-6,8-9H,4H2,1-3H3/b11-8+,15-12?. The first-order valence-electron chi connectivity index (χ1n) is 5.53. The number of pyridine rings is 1. The molecule has 1 heterocycles. The van der Waals surface area contributed by atoms with Gasteiger partial charge in [-0.15, -0.1) is 0 Å². The summed E-state index contributed by atoms with van der Waals surface area (Å²) < 4.78 is 6.55. The molecule has 1 aromatic heterocycles. The molecule has 1 aromatic rings. The SMILES string of the molecule is CCOC(=O)/C(C#N)=C/N=c1ccc(C)cn1C. The Kier molecular flexibility index (Phi) is 4.88. The van der Waals surface area contributed by atoms with Crippen LogP contribution in [0.2, 0.25) is 0 Å². The average molecular weight is 245 g/mol. The highest BCUT2D eigenvalue weighted by atomic mass is 16.5. The Morgan fingerprint density at radius 2 is 2.33 bits per heavy atom. The number of aromatic nitrogens is 1. The minimum Gasteiger partial charge on any atom is -0.462 e. The molecule has 5 nitrogen and oxygen atoms in total. The van der Waals surface area contributed by atoms with Crippen LogP contribution < -0.4 is 5.49 Å². The van der Waals surface area contributed by atoms with E-state index in [0.29, 0.717) is 5.49 Å². The van der Waals surface area contributed by atoms with Gasteiger partial charge in [-0.1, -0.05) is 6.07 Å². The Balaban J connectivity index is 3.09. The lowest BCUT2D eigenvalue weighted by atomic mass is 10.3. The minimum atomic E-state index is -0.654. The van der Waals surface area contributed by atoms with Crippen LogP contribution in [0.5, 0.6) is 0 Å². The monoisotopic (exact) mass is 245 g/mol. The van der Waals surface area contributed by atoms with Crippen LogP contribution in [-0.4, -0.2) is 17.1 Å². The Morgan fingerprint density at radius 3 is 2.89 bits per heavy atom. The normalized spacial score (nSPS) is 12.1. The number of carbonyl (C=O) groups excluding carboxylic acids is 1. The van der Waals surface area contributed by atoms with Crippen molar-refractivity contribution in [1.29, 1.82) is 5.26 Å². The van der Waals surface area contributed by atoms with Crippen molar-refractivity contribution in [2.75, 3.05) is 6.61 Å². The number of nitrogens with zero attached hydrogens (tertiary/aromatic N) is 3. The first kappa shape index (κ1) is 13.7. The number of ether oxygens (including phenoxy) is 1. The van der Waals surface area contributed by atoms with Crippen LogP contribution in [-0.2, 0) is 16.6 Å². The van der Waals surface area contributed by atoms with E-state index >= 15 is 0 Å². The number of carbonyl (C=O) groups is 1. The van der Waals surface area contributed by atoms with Gasteiger partial charge in [0.25, 0.3) is 0 Å². The van der Waals surface area contributed by atoms with Gasteiger partial charge in [0.2, 0.25) is 0 Å². The maximum absolute atomic E-state index is 11.4. The second-order valence-corrected chi connectivity index (χ2v) is 3.68. The predicted octanol–water partition coefficient (Wildman–Crippen LogP) is 1.20. The second-order valence-electron chi connectivity index (χ2n) is 3.68. The lowest BCUT2D eigenvalue weighted by molar-refractivity contribution is -0.138. The smallest absolute Gasteiger partial charge is 0.350 e. The number of rotatable bonds is 3. The van der Waals surface area contributed by atoms with Crippen LogP contribution in [0.4, 0.5) is 0 Å².